The van der Waals surface area contributed by atoms with Gasteiger partial charge < -0.3 is 9.13 Å². The predicted molar refractivity (Wildman–Crippen MR) is 95.5 cm³/mol. The molecule has 0 amide bonds. The molecule has 0 aliphatic carbocycles. The highest BCUT2D eigenvalue weighted by Crippen LogP contribution is 2.27. The summed E-state index contributed by atoms with van der Waals surface area (Å²) in [6, 6.07) is 14.4. The first-order chi connectivity index (χ1) is 11.5. The Morgan fingerprint density at radius 3 is 2.46 bits per heavy atom. The van der Waals surface area contributed by atoms with Crippen molar-refractivity contribution in [2.45, 2.75) is 6.54 Å². The van der Waals surface area contributed by atoms with Crippen LogP contribution in [-0.4, -0.2) is 14.9 Å². The lowest BCUT2D eigenvalue weighted by Crippen LogP contribution is -2.25. The molecule has 0 aliphatic rings. The fraction of sp³-hybridized carbons (Fsp3) is 0.111. The van der Waals surface area contributed by atoms with Crippen molar-refractivity contribution >= 4 is 29.0 Å². The number of hydrogen-bond acceptors (Lipinski definition) is 2. The molecule has 4 nitrogen and oxygen atoms in total. The minimum Gasteiger partial charge on any atom is -0.314 e. The van der Waals surface area contributed by atoms with Crippen molar-refractivity contribution in [1.82, 2.24) is 9.13 Å². The number of Topliss-reactive ketones (excluding diaryl/α,β-unsaturated/α-hetero) is 1. The Hall–Kier alpha value is -2.30. The summed E-state index contributed by atoms with van der Waals surface area (Å²) in [6.45, 7) is 0.109. The number of rotatable bonds is 4. The van der Waals surface area contributed by atoms with Gasteiger partial charge >= 0.3 is 0 Å². The van der Waals surface area contributed by atoms with Gasteiger partial charge in [0.05, 0.1) is 22.3 Å². The molecule has 2 aromatic carbocycles. The standard InChI is InChI=1S/C18H15Cl2N3O/c1-22-16(13-7-8-14(19)15(20)9-13)10-23(18(22)21)11-17(24)12-5-3-2-4-6-12/h2-10,21H,11H2,1H3. The normalized spacial score (nSPS) is 10.8. The molecule has 1 heterocycles. The van der Waals surface area contributed by atoms with Gasteiger partial charge in [0.2, 0.25) is 5.62 Å². The van der Waals surface area contributed by atoms with Gasteiger partial charge in [-0.15, -0.1) is 0 Å². The molecule has 0 spiro atoms. The first-order valence-electron chi connectivity index (χ1n) is 7.32. The Labute approximate surface area is 149 Å². The van der Waals surface area contributed by atoms with Gasteiger partial charge in [0, 0.05) is 24.4 Å². The third-order valence-electron chi connectivity index (χ3n) is 3.85. The number of aromatic nitrogens is 2. The van der Waals surface area contributed by atoms with Crippen LogP contribution in [0.1, 0.15) is 10.4 Å². The van der Waals surface area contributed by atoms with Crippen LogP contribution in [0, 0.1) is 5.41 Å². The van der Waals surface area contributed by atoms with E-state index in [2.05, 4.69) is 0 Å². The van der Waals surface area contributed by atoms with Crippen LogP contribution in [0.15, 0.2) is 54.7 Å². The van der Waals surface area contributed by atoms with Gasteiger partial charge in [0.15, 0.2) is 5.78 Å². The third-order valence-corrected chi connectivity index (χ3v) is 4.59. The van der Waals surface area contributed by atoms with Gasteiger partial charge in [0.25, 0.3) is 0 Å². The van der Waals surface area contributed by atoms with E-state index in [-0.39, 0.29) is 17.9 Å². The molecular formula is C18H15Cl2N3O. The molecule has 0 saturated heterocycles. The molecule has 3 aromatic rings. The Bertz CT molecular complexity index is 958. The lowest BCUT2D eigenvalue weighted by Gasteiger charge is -2.03. The summed E-state index contributed by atoms with van der Waals surface area (Å²) in [6.07, 6.45) is 1.78. The van der Waals surface area contributed by atoms with Crippen LogP contribution in [0.25, 0.3) is 11.3 Å². The lowest BCUT2D eigenvalue weighted by atomic mass is 10.1. The largest absolute Gasteiger partial charge is 0.314 e. The summed E-state index contributed by atoms with van der Waals surface area (Å²) in [5.41, 5.74) is 2.50. The van der Waals surface area contributed by atoms with Crippen molar-refractivity contribution in [2.75, 3.05) is 0 Å². The number of carbonyl (C=O) groups excluding carboxylic acids is 1. The second kappa shape index (κ2) is 6.67. The molecule has 3 rings (SSSR count). The quantitative estimate of drug-likeness (QED) is 0.698. The Balaban J connectivity index is 1.95. The van der Waals surface area contributed by atoms with Crippen molar-refractivity contribution in [3.05, 3.63) is 76.0 Å². The Morgan fingerprint density at radius 1 is 1.08 bits per heavy atom. The predicted octanol–water partition coefficient (Wildman–Crippen LogP) is 4.16. The zero-order valence-electron chi connectivity index (χ0n) is 13.0. The van der Waals surface area contributed by atoms with E-state index in [0.29, 0.717) is 15.6 Å². The maximum absolute atomic E-state index is 12.4. The van der Waals surface area contributed by atoms with Crippen molar-refractivity contribution in [3.8, 4) is 11.3 Å². The molecule has 6 heteroatoms. The van der Waals surface area contributed by atoms with Gasteiger partial charge in [-0.3, -0.25) is 10.2 Å². The van der Waals surface area contributed by atoms with Gasteiger partial charge in [-0.25, -0.2) is 0 Å². The van der Waals surface area contributed by atoms with E-state index < -0.39 is 0 Å². The van der Waals surface area contributed by atoms with Crippen LogP contribution in [0.2, 0.25) is 10.0 Å². The number of nitrogens with zero attached hydrogens (tertiary/aromatic N) is 2. The highest BCUT2D eigenvalue weighted by molar-refractivity contribution is 6.42. The number of imidazole rings is 1. The van der Waals surface area contributed by atoms with E-state index in [9.17, 15) is 4.79 Å². The number of nitrogens with one attached hydrogen (secondary N) is 1. The summed E-state index contributed by atoms with van der Waals surface area (Å²) in [5.74, 6) is -0.0413. The van der Waals surface area contributed by atoms with E-state index in [1.807, 2.05) is 24.3 Å². The minimum absolute atomic E-state index is 0.0413. The maximum Gasteiger partial charge on any atom is 0.202 e. The summed E-state index contributed by atoms with van der Waals surface area (Å²) in [7, 11) is 1.78. The Kier molecular flexibility index (Phi) is 4.60. The maximum atomic E-state index is 12.4. The van der Waals surface area contributed by atoms with Crippen molar-refractivity contribution < 1.29 is 4.79 Å². The number of hydrogen-bond donors (Lipinski definition) is 1. The summed E-state index contributed by atoms with van der Waals surface area (Å²) >= 11 is 12.0. The highest BCUT2D eigenvalue weighted by Gasteiger charge is 2.13. The SMILES string of the molecule is Cn1c(-c2ccc(Cl)c(Cl)c2)cn(CC(=O)c2ccccc2)c1=N. The fourth-order valence-electron chi connectivity index (χ4n) is 2.52. The van der Waals surface area contributed by atoms with E-state index in [0.717, 1.165) is 11.3 Å². The molecule has 0 atom stereocenters. The Morgan fingerprint density at radius 2 is 1.79 bits per heavy atom. The van der Waals surface area contributed by atoms with Crippen LogP contribution in [0.3, 0.4) is 0 Å². The lowest BCUT2D eigenvalue weighted by molar-refractivity contribution is 0.0970. The van der Waals surface area contributed by atoms with Gasteiger partial charge in [-0.2, -0.15) is 0 Å². The smallest absolute Gasteiger partial charge is 0.202 e. The first kappa shape index (κ1) is 16.6. The van der Waals surface area contributed by atoms with Crippen molar-refractivity contribution in [2.24, 2.45) is 7.05 Å². The molecule has 0 saturated carbocycles. The summed E-state index contributed by atoms with van der Waals surface area (Å²) in [4.78, 5) is 12.4. The zero-order valence-corrected chi connectivity index (χ0v) is 14.5. The van der Waals surface area contributed by atoms with Gasteiger partial charge in [-0.1, -0.05) is 59.6 Å². The summed E-state index contributed by atoms with van der Waals surface area (Å²) in [5, 5.41) is 9.16. The first-order valence-corrected chi connectivity index (χ1v) is 8.07. The third kappa shape index (κ3) is 3.16. The number of benzene rings is 2. The van der Waals surface area contributed by atoms with Crippen LogP contribution < -0.4 is 5.62 Å². The number of carbonyl (C=O) groups is 1. The van der Waals surface area contributed by atoms with E-state index >= 15 is 0 Å². The second-order valence-corrected chi connectivity index (χ2v) is 6.26. The van der Waals surface area contributed by atoms with Crippen LogP contribution in [0.5, 0.6) is 0 Å². The average Bonchev–Trinajstić information content (AvgIpc) is 2.86. The molecule has 0 aliphatic heterocycles. The van der Waals surface area contributed by atoms with E-state index in [1.165, 1.54) is 0 Å². The molecule has 0 radical (unpaired) electrons. The van der Waals surface area contributed by atoms with Crippen molar-refractivity contribution in [1.29, 1.82) is 5.41 Å². The second-order valence-electron chi connectivity index (χ2n) is 5.44. The molecule has 0 bridgehead atoms. The zero-order chi connectivity index (χ0) is 17.3. The fourth-order valence-corrected chi connectivity index (χ4v) is 2.81. The molecule has 1 aromatic heterocycles. The van der Waals surface area contributed by atoms with Crippen LogP contribution in [-0.2, 0) is 13.6 Å². The number of halogens is 2. The molecule has 0 fully saturated rings. The van der Waals surface area contributed by atoms with E-state index in [4.69, 9.17) is 28.6 Å². The molecule has 0 unspecified atom stereocenters. The summed E-state index contributed by atoms with van der Waals surface area (Å²) < 4.78 is 3.32. The monoisotopic (exact) mass is 359 g/mol. The van der Waals surface area contributed by atoms with Gasteiger partial charge in [0.1, 0.15) is 0 Å². The molecule has 122 valence electrons. The highest BCUT2D eigenvalue weighted by atomic mass is 35.5. The van der Waals surface area contributed by atoms with E-state index in [1.54, 1.807) is 46.6 Å². The topological polar surface area (TPSA) is 50.8 Å². The van der Waals surface area contributed by atoms with Crippen molar-refractivity contribution in [3.63, 3.8) is 0 Å². The number of ketones is 1. The van der Waals surface area contributed by atoms with Crippen LogP contribution in [0.4, 0.5) is 0 Å². The van der Waals surface area contributed by atoms with Crippen LogP contribution >= 0.6 is 23.2 Å². The average molecular weight is 360 g/mol. The minimum atomic E-state index is -0.0413. The molecule has 24 heavy (non-hydrogen) atoms. The molecule has 1 N–H and O–H groups in total. The van der Waals surface area contributed by atoms with Gasteiger partial charge in [-0.05, 0) is 12.1 Å². The molecular weight excluding hydrogens is 345 g/mol.